The third-order valence-corrected chi connectivity index (χ3v) is 6.05. The zero-order chi connectivity index (χ0) is 19.7. The number of thioether (sulfide) groups is 1. The Hall–Kier alpha value is -3.03. The van der Waals surface area contributed by atoms with Crippen LogP contribution in [0.3, 0.4) is 0 Å². The first-order valence-electron chi connectivity index (χ1n) is 7.65. The number of esters is 1. The number of allylic oxidation sites excluding steroid dienone is 1. The summed E-state index contributed by atoms with van der Waals surface area (Å²) in [5.74, 6) is -2.59. The number of nitriles is 1. The van der Waals surface area contributed by atoms with Crippen molar-refractivity contribution in [2.24, 2.45) is 5.73 Å². The summed E-state index contributed by atoms with van der Waals surface area (Å²) in [5.41, 5.74) is 6.41. The molecular formula is C17H14N4O4S2. The minimum absolute atomic E-state index is 0.0355. The van der Waals surface area contributed by atoms with E-state index >= 15 is 0 Å². The minimum Gasteiger partial charge on any atom is -0.465 e. The van der Waals surface area contributed by atoms with Crippen LogP contribution in [-0.2, 0) is 19.1 Å². The maximum Gasteiger partial charge on any atom is 0.344 e. The number of hydrogen-bond acceptors (Lipinski definition) is 8. The van der Waals surface area contributed by atoms with Crippen LogP contribution in [0.4, 0.5) is 0 Å². The molecule has 0 saturated carbocycles. The van der Waals surface area contributed by atoms with Crippen LogP contribution in [-0.4, -0.2) is 36.8 Å². The molecule has 2 aliphatic heterocycles. The fourth-order valence-corrected chi connectivity index (χ4v) is 4.80. The number of nitrogens with zero attached hydrogens (tertiary/aromatic N) is 2. The van der Waals surface area contributed by atoms with Gasteiger partial charge in [-0.15, -0.1) is 11.3 Å². The van der Waals surface area contributed by atoms with Crippen molar-refractivity contribution in [1.82, 2.24) is 10.2 Å². The topological polar surface area (TPSA) is 126 Å². The third-order valence-electron chi connectivity index (χ3n) is 4.02. The first kappa shape index (κ1) is 18.8. The molecule has 27 heavy (non-hydrogen) atoms. The Kier molecular flexibility index (Phi) is 5.07. The van der Waals surface area contributed by atoms with E-state index in [0.717, 1.165) is 27.6 Å². The van der Waals surface area contributed by atoms with Crippen molar-refractivity contribution in [2.75, 3.05) is 14.2 Å². The Morgan fingerprint density at radius 3 is 2.74 bits per heavy atom. The quantitative estimate of drug-likeness (QED) is 0.726. The fraction of sp³-hybridized carbons (Fsp3) is 0.176. The van der Waals surface area contributed by atoms with Crippen LogP contribution in [0.15, 0.2) is 50.5 Å². The molecule has 1 aromatic heterocycles. The van der Waals surface area contributed by atoms with E-state index in [1.54, 1.807) is 12.1 Å². The highest BCUT2D eigenvalue weighted by atomic mass is 32.2. The number of carbonyl (C=O) groups is 3. The lowest BCUT2D eigenvalue weighted by Gasteiger charge is -2.36. The number of hydrogen-bond donors (Lipinski definition) is 2. The number of rotatable bonds is 3. The lowest BCUT2D eigenvalue weighted by Crippen LogP contribution is -2.42. The highest BCUT2D eigenvalue weighted by Gasteiger charge is 2.43. The Labute approximate surface area is 162 Å². The number of carbonyl (C=O) groups excluding carboxylic acids is 3. The number of ether oxygens (including phenoxy) is 1. The maximum absolute atomic E-state index is 12.7. The molecule has 2 amide bonds. The van der Waals surface area contributed by atoms with E-state index < -0.39 is 23.7 Å². The van der Waals surface area contributed by atoms with Crippen molar-refractivity contribution >= 4 is 40.9 Å². The molecular weight excluding hydrogens is 388 g/mol. The first-order chi connectivity index (χ1) is 12.9. The summed E-state index contributed by atoms with van der Waals surface area (Å²) in [5, 5.41) is 14.2. The van der Waals surface area contributed by atoms with Crippen molar-refractivity contribution < 1.29 is 19.1 Å². The maximum atomic E-state index is 12.7. The van der Waals surface area contributed by atoms with Crippen LogP contribution in [0.5, 0.6) is 0 Å². The number of nitrogens with one attached hydrogen (secondary N) is 1. The van der Waals surface area contributed by atoms with Crippen molar-refractivity contribution in [3.63, 3.8) is 0 Å². The second-order valence-electron chi connectivity index (χ2n) is 5.43. The summed E-state index contributed by atoms with van der Waals surface area (Å²) in [7, 11) is 2.65. The van der Waals surface area contributed by atoms with Crippen LogP contribution in [0, 0.1) is 11.3 Å². The van der Waals surface area contributed by atoms with E-state index in [1.165, 1.54) is 25.5 Å². The predicted octanol–water partition coefficient (Wildman–Crippen LogP) is 1.13. The fourth-order valence-electron chi connectivity index (χ4n) is 2.82. The van der Waals surface area contributed by atoms with Gasteiger partial charge in [0.2, 0.25) is 0 Å². The molecule has 3 heterocycles. The lowest BCUT2D eigenvalue weighted by atomic mass is 9.87. The van der Waals surface area contributed by atoms with Gasteiger partial charge in [0.15, 0.2) is 0 Å². The molecule has 0 spiro atoms. The second-order valence-corrected chi connectivity index (χ2v) is 7.44. The van der Waals surface area contributed by atoms with Gasteiger partial charge in [0.1, 0.15) is 10.7 Å². The molecule has 0 saturated heterocycles. The molecule has 0 aromatic carbocycles. The summed E-state index contributed by atoms with van der Waals surface area (Å²) in [6.45, 7) is 0. The Bertz CT molecular complexity index is 970. The average Bonchev–Trinajstić information content (AvgIpc) is 3.20. The number of thiophene rings is 1. The molecule has 2 aliphatic rings. The van der Waals surface area contributed by atoms with Crippen LogP contribution in [0.25, 0.3) is 0 Å². The van der Waals surface area contributed by atoms with Crippen molar-refractivity contribution in [3.8, 4) is 6.07 Å². The van der Waals surface area contributed by atoms with E-state index in [0.29, 0.717) is 0 Å². The van der Waals surface area contributed by atoms with Crippen molar-refractivity contribution in [2.45, 2.75) is 5.92 Å². The Morgan fingerprint density at radius 1 is 1.44 bits per heavy atom. The first-order valence-corrected chi connectivity index (χ1v) is 9.35. The molecule has 138 valence electrons. The van der Waals surface area contributed by atoms with Gasteiger partial charge in [0.05, 0.1) is 35.3 Å². The standard InChI is InChI=1S/C17H14N4O4S2/c1-20-15(23)13-12(9-4-3-5-26-9)8(7-18)14(19)21-11(22)6-10(17(24)25-2)27-16(13)21/h3-6,12H,19H2,1-2H3,(H,20,23)/t12-/m1/s1. The molecule has 0 bridgehead atoms. The minimum atomic E-state index is -0.738. The third kappa shape index (κ3) is 3.01. The normalized spacial score (nSPS) is 19.3. The van der Waals surface area contributed by atoms with Crippen molar-refractivity contribution in [1.29, 1.82) is 5.26 Å². The van der Waals surface area contributed by atoms with Crippen molar-refractivity contribution in [3.05, 3.63) is 55.4 Å². The van der Waals surface area contributed by atoms with Gasteiger partial charge in [0, 0.05) is 18.0 Å². The molecule has 0 radical (unpaired) electrons. The summed E-state index contributed by atoms with van der Waals surface area (Å²) < 4.78 is 4.69. The number of amides is 2. The second kappa shape index (κ2) is 7.30. The van der Waals surface area contributed by atoms with Gasteiger partial charge in [-0.25, -0.2) is 4.79 Å². The van der Waals surface area contributed by atoms with Gasteiger partial charge in [-0.2, -0.15) is 5.26 Å². The SMILES string of the molecule is CNC(=O)C1=C2SC(C(=O)OC)=CC(=O)N2C(N)=C(C#N)[C@@H]1c1cccs1. The van der Waals surface area contributed by atoms with E-state index in [4.69, 9.17) is 10.5 Å². The van der Waals surface area contributed by atoms with Gasteiger partial charge in [0.25, 0.3) is 11.8 Å². The van der Waals surface area contributed by atoms with Gasteiger partial charge < -0.3 is 15.8 Å². The van der Waals surface area contributed by atoms with E-state index in [-0.39, 0.29) is 26.9 Å². The van der Waals surface area contributed by atoms with Gasteiger partial charge >= 0.3 is 5.97 Å². The van der Waals surface area contributed by atoms with Gasteiger partial charge in [-0.1, -0.05) is 17.8 Å². The molecule has 0 aliphatic carbocycles. The zero-order valence-electron chi connectivity index (χ0n) is 14.3. The van der Waals surface area contributed by atoms with E-state index in [2.05, 4.69) is 5.32 Å². The van der Waals surface area contributed by atoms with E-state index in [9.17, 15) is 19.6 Å². The molecule has 10 heteroatoms. The number of likely N-dealkylation sites (N-methyl/N-ethyl adjacent to an activating group) is 1. The molecule has 0 unspecified atom stereocenters. The number of nitrogens with two attached hydrogens (primary N) is 1. The largest absolute Gasteiger partial charge is 0.465 e. The van der Waals surface area contributed by atoms with E-state index in [1.807, 2.05) is 11.4 Å². The number of fused-ring (bicyclic) bond motifs is 1. The van der Waals surface area contributed by atoms with Crippen LogP contribution in [0.1, 0.15) is 10.8 Å². The molecule has 0 fully saturated rings. The molecule has 1 atom stereocenters. The van der Waals surface area contributed by atoms with Gasteiger partial charge in [-0.3, -0.25) is 14.5 Å². The lowest BCUT2D eigenvalue weighted by molar-refractivity contribution is -0.135. The summed E-state index contributed by atoms with van der Waals surface area (Å²) >= 11 is 2.27. The zero-order valence-corrected chi connectivity index (χ0v) is 15.9. The Balaban J connectivity index is 2.29. The molecule has 1 aromatic rings. The number of methoxy groups -OCH3 is 1. The molecule has 8 nitrogen and oxygen atoms in total. The highest BCUT2D eigenvalue weighted by molar-refractivity contribution is 8.07. The monoisotopic (exact) mass is 402 g/mol. The smallest absolute Gasteiger partial charge is 0.344 e. The predicted molar refractivity (Wildman–Crippen MR) is 99.5 cm³/mol. The van der Waals surface area contributed by atoms with Crippen LogP contribution >= 0.6 is 23.1 Å². The van der Waals surface area contributed by atoms with Crippen LogP contribution in [0.2, 0.25) is 0 Å². The Morgan fingerprint density at radius 2 is 2.19 bits per heavy atom. The average molecular weight is 402 g/mol. The highest BCUT2D eigenvalue weighted by Crippen LogP contribution is 2.48. The summed E-state index contributed by atoms with van der Waals surface area (Å²) in [6, 6.07) is 5.61. The molecule has 3 N–H and O–H groups in total. The van der Waals surface area contributed by atoms with Crippen LogP contribution < -0.4 is 11.1 Å². The summed E-state index contributed by atoms with van der Waals surface area (Å²) in [4.78, 5) is 39.1. The van der Waals surface area contributed by atoms with Gasteiger partial charge in [-0.05, 0) is 11.4 Å². The molecule has 3 rings (SSSR count). The summed E-state index contributed by atoms with van der Waals surface area (Å²) in [6.07, 6.45) is 1.08.